The van der Waals surface area contributed by atoms with E-state index >= 15 is 0 Å². The number of aromatic nitrogens is 1. The van der Waals surface area contributed by atoms with E-state index in [2.05, 4.69) is 26.2 Å². The number of rotatable bonds is 5. The summed E-state index contributed by atoms with van der Waals surface area (Å²) in [4.78, 5) is 25.3. The lowest BCUT2D eigenvalue weighted by atomic mass is 10.2. The predicted octanol–water partition coefficient (Wildman–Crippen LogP) is 3.34. The number of nitrogens with one attached hydrogen (secondary N) is 2. The Balaban J connectivity index is 2.26. The fourth-order valence-electron chi connectivity index (χ4n) is 1.71. The van der Waals surface area contributed by atoms with Crippen LogP contribution in [0.1, 0.15) is 17.4 Å². The molecule has 2 aromatic rings. The van der Waals surface area contributed by atoms with Crippen molar-refractivity contribution in [1.29, 1.82) is 0 Å². The van der Waals surface area contributed by atoms with Crippen molar-refractivity contribution in [2.24, 2.45) is 0 Å². The average molecular weight is 354 g/mol. The van der Waals surface area contributed by atoms with Crippen molar-refractivity contribution in [2.75, 3.05) is 11.9 Å². The molecule has 1 aromatic carbocycles. The number of benzene rings is 1. The average Bonchev–Trinajstić information content (AvgIpc) is 2.87. The van der Waals surface area contributed by atoms with Crippen molar-refractivity contribution in [3.8, 4) is 5.75 Å². The molecule has 0 aliphatic heterocycles. The van der Waals surface area contributed by atoms with E-state index in [9.17, 15) is 14.9 Å². The van der Waals surface area contributed by atoms with Gasteiger partial charge in [-0.05, 0) is 41.1 Å². The summed E-state index contributed by atoms with van der Waals surface area (Å²) < 4.78 is 5.93. The van der Waals surface area contributed by atoms with Gasteiger partial charge in [-0.1, -0.05) is 0 Å². The monoisotopic (exact) mass is 353 g/mol. The highest BCUT2D eigenvalue weighted by Crippen LogP contribution is 2.29. The minimum atomic E-state index is -0.567. The first kappa shape index (κ1) is 15.0. The molecule has 0 spiro atoms. The molecule has 21 heavy (non-hydrogen) atoms. The third kappa shape index (κ3) is 3.60. The number of nitro groups is 1. The summed E-state index contributed by atoms with van der Waals surface area (Å²) in [5.74, 6) is -0.0854. The topological polar surface area (TPSA) is 97.3 Å². The number of ether oxygens (including phenoxy) is 1. The van der Waals surface area contributed by atoms with E-state index in [1.54, 1.807) is 25.3 Å². The van der Waals surface area contributed by atoms with Gasteiger partial charge in [-0.3, -0.25) is 14.9 Å². The van der Waals surface area contributed by atoms with Gasteiger partial charge in [0.1, 0.15) is 17.1 Å². The van der Waals surface area contributed by atoms with E-state index in [0.29, 0.717) is 22.5 Å². The number of carbonyl (C=O) groups is 1. The molecule has 2 N–H and O–H groups in total. The zero-order valence-corrected chi connectivity index (χ0v) is 12.6. The van der Waals surface area contributed by atoms with Crippen LogP contribution in [0.15, 0.2) is 34.9 Å². The van der Waals surface area contributed by atoms with Gasteiger partial charge < -0.3 is 15.0 Å². The first-order chi connectivity index (χ1) is 10.0. The molecule has 7 nitrogen and oxygen atoms in total. The van der Waals surface area contributed by atoms with Gasteiger partial charge in [0.25, 0.3) is 11.6 Å². The Labute approximate surface area is 128 Å². The van der Waals surface area contributed by atoms with Gasteiger partial charge in [-0.25, -0.2) is 0 Å². The number of carbonyl (C=O) groups excluding carboxylic acids is 1. The number of hydrogen-bond acceptors (Lipinski definition) is 4. The second-order valence-corrected chi connectivity index (χ2v) is 4.97. The minimum Gasteiger partial charge on any atom is -0.494 e. The number of aromatic amines is 1. The highest BCUT2D eigenvalue weighted by molar-refractivity contribution is 9.10. The molecule has 0 atom stereocenters. The number of amides is 1. The first-order valence-electron chi connectivity index (χ1n) is 6.07. The third-order valence-electron chi connectivity index (χ3n) is 2.62. The van der Waals surface area contributed by atoms with Crippen LogP contribution >= 0.6 is 15.9 Å². The number of hydrogen-bond donors (Lipinski definition) is 2. The highest BCUT2D eigenvalue weighted by Gasteiger charge is 2.18. The summed E-state index contributed by atoms with van der Waals surface area (Å²) in [5.41, 5.74) is 0.184. The van der Waals surface area contributed by atoms with Gasteiger partial charge >= 0.3 is 0 Å². The third-order valence-corrected chi connectivity index (χ3v) is 3.08. The van der Waals surface area contributed by atoms with Crippen LogP contribution in [0, 0.1) is 10.1 Å². The smallest absolute Gasteiger partial charge is 0.296 e. The van der Waals surface area contributed by atoms with Crippen molar-refractivity contribution in [2.45, 2.75) is 6.92 Å². The summed E-state index contributed by atoms with van der Waals surface area (Å²) in [6, 6.07) is 5.87. The van der Waals surface area contributed by atoms with Crippen molar-refractivity contribution < 1.29 is 14.5 Å². The largest absolute Gasteiger partial charge is 0.494 e. The predicted molar refractivity (Wildman–Crippen MR) is 80.7 cm³/mol. The van der Waals surface area contributed by atoms with Crippen molar-refractivity contribution >= 4 is 33.2 Å². The number of nitrogens with zero attached hydrogens (tertiary/aromatic N) is 1. The van der Waals surface area contributed by atoms with Gasteiger partial charge in [0.2, 0.25) is 0 Å². The number of halogens is 1. The normalized spacial score (nSPS) is 10.2. The molecule has 2 rings (SSSR count). The summed E-state index contributed by atoms with van der Waals surface area (Å²) in [5, 5.41) is 13.6. The van der Waals surface area contributed by atoms with Crippen LogP contribution in [0.5, 0.6) is 5.75 Å². The van der Waals surface area contributed by atoms with E-state index < -0.39 is 10.8 Å². The van der Waals surface area contributed by atoms with Gasteiger partial charge in [0, 0.05) is 10.7 Å². The van der Waals surface area contributed by atoms with Gasteiger partial charge in [-0.15, -0.1) is 0 Å². The molecule has 110 valence electrons. The molecule has 0 aliphatic carbocycles. The lowest BCUT2D eigenvalue weighted by molar-refractivity contribution is -0.384. The van der Waals surface area contributed by atoms with Crippen LogP contribution in [0.4, 0.5) is 11.4 Å². The van der Waals surface area contributed by atoms with Crippen LogP contribution < -0.4 is 10.1 Å². The Kier molecular flexibility index (Phi) is 4.59. The molecule has 8 heteroatoms. The van der Waals surface area contributed by atoms with Crippen LogP contribution in [0.2, 0.25) is 0 Å². The van der Waals surface area contributed by atoms with Gasteiger partial charge in [0.15, 0.2) is 0 Å². The molecule has 0 radical (unpaired) electrons. The highest BCUT2D eigenvalue weighted by atomic mass is 79.9. The van der Waals surface area contributed by atoms with Gasteiger partial charge in [-0.2, -0.15) is 0 Å². The lowest BCUT2D eigenvalue weighted by Crippen LogP contribution is -2.13. The zero-order chi connectivity index (χ0) is 15.4. The first-order valence-corrected chi connectivity index (χ1v) is 6.87. The molecule has 1 aromatic heterocycles. The molecule has 0 unspecified atom stereocenters. The van der Waals surface area contributed by atoms with Crippen LogP contribution in [0.3, 0.4) is 0 Å². The zero-order valence-electron chi connectivity index (χ0n) is 11.1. The fourth-order valence-corrected chi connectivity index (χ4v) is 2.06. The summed E-state index contributed by atoms with van der Waals surface area (Å²) in [6.45, 7) is 2.18. The maximum Gasteiger partial charge on any atom is 0.296 e. The number of H-pyrrole nitrogens is 1. The minimum absolute atomic E-state index is 0.110. The van der Waals surface area contributed by atoms with E-state index in [0.717, 1.165) is 0 Å². The molecule has 0 fully saturated rings. The molecular formula is C13H12BrN3O4. The molecule has 1 amide bonds. The standard InChI is InChI=1S/C13H12BrN3O4/c1-2-21-9-3-4-10(12(6-9)17(19)20)16-13(18)11-5-8(14)7-15-11/h3-7,15H,2H2,1H3,(H,16,18). The summed E-state index contributed by atoms with van der Waals surface area (Å²) in [6.07, 6.45) is 1.60. The maximum atomic E-state index is 12.0. The van der Waals surface area contributed by atoms with Crippen molar-refractivity contribution in [3.63, 3.8) is 0 Å². The Morgan fingerprint density at radius 1 is 1.48 bits per heavy atom. The lowest BCUT2D eigenvalue weighted by Gasteiger charge is -2.07. The fraction of sp³-hybridized carbons (Fsp3) is 0.154. The molecule has 0 saturated carbocycles. The second kappa shape index (κ2) is 6.40. The Morgan fingerprint density at radius 2 is 2.24 bits per heavy atom. The molecule has 0 bridgehead atoms. The summed E-state index contributed by atoms with van der Waals surface area (Å²) >= 11 is 3.21. The molecule has 0 aliphatic rings. The number of nitro benzene ring substituents is 1. The van der Waals surface area contributed by atoms with Crippen LogP contribution in [-0.4, -0.2) is 22.4 Å². The van der Waals surface area contributed by atoms with Gasteiger partial charge in [0.05, 0.1) is 17.6 Å². The Morgan fingerprint density at radius 3 is 2.81 bits per heavy atom. The quantitative estimate of drug-likeness (QED) is 0.636. The van der Waals surface area contributed by atoms with E-state index in [4.69, 9.17) is 4.74 Å². The van der Waals surface area contributed by atoms with E-state index in [1.807, 2.05) is 0 Å². The maximum absolute atomic E-state index is 12.0. The SMILES string of the molecule is CCOc1ccc(NC(=O)c2cc(Br)c[nH]2)c([N+](=O)[O-])c1. The van der Waals surface area contributed by atoms with Crippen molar-refractivity contribution in [3.05, 3.63) is 50.7 Å². The molecule has 0 saturated heterocycles. The van der Waals surface area contributed by atoms with Crippen LogP contribution in [-0.2, 0) is 0 Å². The Hall–Kier alpha value is -2.35. The molecular weight excluding hydrogens is 342 g/mol. The van der Waals surface area contributed by atoms with E-state index in [1.165, 1.54) is 12.1 Å². The van der Waals surface area contributed by atoms with E-state index in [-0.39, 0.29) is 11.4 Å². The summed E-state index contributed by atoms with van der Waals surface area (Å²) in [7, 11) is 0. The van der Waals surface area contributed by atoms with Crippen LogP contribution in [0.25, 0.3) is 0 Å². The second-order valence-electron chi connectivity index (χ2n) is 4.05. The van der Waals surface area contributed by atoms with Crippen molar-refractivity contribution in [1.82, 2.24) is 4.98 Å². The Bertz CT molecular complexity index is 684. The number of anilines is 1. The molecule has 1 heterocycles.